The van der Waals surface area contributed by atoms with Crippen molar-refractivity contribution < 1.29 is 19.1 Å². The molecule has 0 amide bonds. The number of rotatable bonds is 36. The van der Waals surface area contributed by atoms with Crippen molar-refractivity contribution in [3.63, 3.8) is 0 Å². The molecular weight excluding hydrogens is 618 g/mol. The van der Waals surface area contributed by atoms with Crippen molar-refractivity contribution in [2.45, 2.75) is 232 Å². The van der Waals surface area contributed by atoms with Crippen LogP contribution in [0.3, 0.4) is 0 Å². The van der Waals surface area contributed by atoms with Gasteiger partial charge >= 0.3 is 11.9 Å². The van der Waals surface area contributed by atoms with Crippen LogP contribution < -0.4 is 0 Å². The number of carbonyl (C=O) groups is 2. The van der Waals surface area contributed by atoms with Gasteiger partial charge in [-0.3, -0.25) is 9.59 Å². The van der Waals surface area contributed by atoms with E-state index in [1.165, 1.54) is 167 Å². The summed E-state index contributed by atoms with van der Waals surface area (Å²) in [5.74, 6) is -0.271. The van der Waals surface area contributed by atoms with E-state index in [0.29, 0.717) is 25.1 Å². The van der Waals surface area contributed by atoms with Crippen molar-refractivity contribution in [1.29, 1.82) is 0 Å². The van der Waals surface area contributed by atoms with E-state index in [0.717, 1.165) is 25.7 Å². The van der Waals surface area contributed by atoms with Crippen molar-refractivity contribution in [1.82, 2.24) is 4.90 Å². The Balaban J connectivity index is 0. The van der Waals surface area contributed by atoms with Crippen molar-refractivity contribution in [2.24, 2.45) is 0 Å². The summed E-state index contributed by atoms with van der Waals surface area (Å²) in [5.41, 5.74) is 0. The number of hydrogen-bond donors (Lipinski definition) is 0. The average molecular weight is 703 g/mol. The molecule has 6 heteroatoms. The zero-order valence-electron chi connectivity index (χ0n) is 33.1. The predicted octanol–water partition coefficient (Wildman–Crippen LogP) is 13.7. The first kappa shape index (κ1) is 49.3. The van der Waals surface area contributed by atoms with Gasteiger partial charge in [-0.2, -0.15) is 0 Å². The first-order chi connectivity index (χ1) is 23.4. The SMILES string of the molecule is CCCCCCCCCCCCCCCCCC(=O)OC(CCCl)OC(=O)CCCCCCCCCCCCCCCCC.CN(C)C. The van der Waals surface area contributed by atoms with Gasteiger partial charge in [0.05, 0.1) is 0 Å². The summed E-state index contributed by atoms with van der Waals surface area (Å²) in [7, 11) is 6.00. The number of halogens is 1. The summed E-state index contributed by atoms with van der Waals surface area (Å²) < 4.78 is 10.9. The van der Waals surface area contributed by atoms with E-state index >= 15 is 0 Å². The maximum Gasteiger partial charge on any atom is 0.308 e. The van der Waals surface area contributed by atoms with Crippen molar-refractivity contribution >= 4 is 23.5 Å². The molecule has 0 N–H and O–H groups in total. The lowest BCUT2D eigenvalue weighted by Crippen LogP contribution is -2.25. The summed E-state index contributed by atoms with van der Waals surface area (Å²) in [6.07, 6.45) is 39.2. The van der Waals surface area contributed by atoms with E-state index < -0.39 is 6.29 Å². The van der Waals surface area contributed by atoms with Crippen LogP contribution in [-0.4, -0.2) is 50.2 Å². The minimum Gasteiger partial charge on any atom is -0.425 e. The quantitative estimate of drug-likeness (QED) is 0.0282. The number of alkyl halides is 1. The molecule has 0 aliphatic heterocycles. The van der Waals surface area contributed by atoms with Gasteiger partial charge in [0.1, 0.15) is 0 Å². The lowest BCUT2D eigenvalue weighted by molar-refractivity contribution is -0.188. The monoisotopic (exact) mass is 702 g/mol. The van der Waals surface area contributed by atoms with Crippen LogP contribution in [0.15, 0.2) is 0 Å². The zero-order chi connectivity index (χ0) is 35.8. The summed E-state index contributed by atoms with van der Waals surface area (Å²) >= 11 is 5.87. The van der Waals surface area contributed by atoms with E-state index in [9.17, 15) is 9.59 Å². The highest BCUT2D eigenvalue weighted by Gasteiger charge is 2.18. The second-order valence-corrected chi connectivity index (χ2v) is 15.0. The van der Waals surface area contributed by atoms with Crippen LogP contribution >= 0.6 is 11.6 Å². The number of hydrogen-bond acceptors (Lipinski definition) is 5. The van der Waals surface area contributed by atoms with E-state index in [4.69, 9.17) is 21.1 Å². The standard InChI is InChI=1S/C39H75ClO4.C3H9N/c1-3-5-7-9-11-13-15-17-19-21-23-25-27-29-31-33-37(41)43-39(35-36-40)44-38(42)34-32-30-28-26-24-22-20-18-16-14-12-10-8-6-4-2;1-4(2)3/h39H,3-36H2,1-2H3;1-3H3. The van der Waals surface area contributed by atoms with E-state index in [1.807, 2.05) is 26.0 Å². The van der Waals surface area contributed by atoms with E-state index in [2.05, 4.69) is 13.8 Å². The van der Waals surface area contributed by atoms with E-state index in [1.54, 1.807) is 0 Å². The number of carbonyl (C=O) groups excluding carboxylic acids is 2. The second-order valence-electron chi connectivity index (χ2n) is 14.6. The molecule has 0 rings (SSSR count). The lowest BCUT2D eigenvalue weighted by Gasteiger charge is -2.17. The molecule has 0 spiro atoms. The summed E-state index contributed by atoms with van der Waals surface area (Å²) in [6, 6.07) is 0. The molecule has 0 aromatic rings. The van der Waals surface area contributed by atoms with Gasteiger partial charge in [-0.1, -0.05) is 194 Å². The van der Waals surface area contributed by atoms with Gasteiger partial charge in [0.2, 0.25) is 6.29 Å². The highest BCUT2D eigenvalue weighted by molar-refractivity contribution is 6.17. The number of ether oxygens (including phenoxy) is 2. The molecule has 48 heavy (non-hydrogen) atoms. The normalized spacial score (nSPS) is 11.2. The Labute approximate surface area is 305 Å². The second kappa shape index (κ2) is 42.4. The first-order valence-corrected chi connectivity index (χ1v) is 21.5. The van der Waals surface area contributed by atoms with Crippen LogP contribution in [0.1, 0.15) is 226 Å². The van der Waals surface area contributed by atoms with Gasteiger partial charge in [-0.15, -0.1) is 11.6 Å². The highest BCUT2D eigenvalue weighted by Crippen LogP contribution is 2.16. The Morgan fingerprint density at radius 2 is 0.646 bits per heavy atom. The maximum atomic E-state index is 12.3. The third kappa shape index (κ3) is 45.2. The Morgan fingerprint density at radius 1 is 0.438 bits per heavy atom. The van der Waals surface area contributed by atoms with Crippen molar-refractivity contribution in [3.8, 4) is 0 Å². The van der Waals surface area contributed by atoms with Gasteiger partial charge in [0.25, 0.3) is 0 Å². The van der Waals surface area contributed by atoms with Crippen LogP contribution in [0, 0.1) is 0 Å². The van der Waals surface area contributed by atoms with Crippen molar-refractivity contribution in [2.75, 3.05) is 27.0 Å². The minimum atomic E-state index is -0.847. The Bertz CT molecular complexity index is 594. The molecule has 0 bridgehead atoms. The first-order valence-electron chi connectivity index (χ1n) is 20.9. The lowest BCUT2D eigenvalue weighted by atomic mass is 10.0. The fourth-order valence-corrected chi connectivity index (χ4v) is 6.10. The number of nitrogens with zero attached hydrogens (tertiary/aromatic N) is 1. The van der Waals surface area contributed by atoms with Crippen molar-refractivity contribution in [3.05, 3.63) is 0 Å². The maximum absolute atomic E-state index is 12.3. The molecule has 0 heterocycles. The molecule has 0 saturated heterocycles. The molecule has 0 atom stereocenters. The molecule has 5 nitrogen and oxygen atoms in total. The zero-order valence-corrected chi connectivity index (χ0v) is 33.8. The molecule has 0 aromatic heterocycles. The van der Waals surface area contributed by atoms with Crippen LogP contribution in [0.2, 0.25) is 0 Å². The van der Waals surface area contributed by atoms with Gasteiger partial charge in [0.15, 0.2) is 0 Å². The van der Waals surface area contributed by atoms with Gasteiger partial charge in [-0.05, 0) is 34.0 Å². The molecule has 0 unspecified atom stereocenters. The summed E-state index contributed by atoms with van der Waals surface area (Å²) in [6.45, 7) is 4.55. The minimum absolute atomic E-state index is 0.283. The molecule has 0 aliphatic carbocycles. The molecule has 0 aromatic carbocycles. The van der Waals surface area contributed by atoms with Crippen LogP contribution in [0.5, 0.6) is 0 Å². The third-order valence-corrected chi connectivity index (χ3v) is 9.06. The largest absolute Gasteiger partial charge is 0.425 e. The topological polar surface area (TPSA) is 55.8 Å². The molecule has 0 fully saturated rings. The summed E-state index contributed by atoms with van der Waals surface area (Å²) in [4.78, 5) is 26.6. The van der Waals surface area contributed by atoms with E-state index in [-0.39, 0.29) is 11.9 Å². The van der Waals surface area contributed by atoms with Crippen LogP contribution in [0.25, 0.3) is 0 Å². The molecule has 288 valence electrons. The average Bonchev–Trinajstić information content (AvgIpc) is 3.04. The smallest absolute Gasteiger partial charge is 0.308 e. The Hall–Kier alpha value is -0.810. The van der Waals surface area contributed by atoms with Gasteiger partial charge in [0, 0.05) is 25.1 Å². The van der Waals surface area contributed by atoms with Crippen LogP contribution in [0.4, 0.5) is 0 Å². The van der Waals surface area contributed by atoms with Gasteiger partial charge < -0.3 is 14.4 Å². The number of esters is 2. The number of unbranched alkanes of at least 4 members (excludes halogenated alkanes) is 28. The highest BCUT2D eigenvalue weighted by atomic mass is 35.5. The fourth-order valence-electron chi connectivity index (χ4n) is 5.92. The van der Waals surface area contributed by atoms with Crippen LogP contribution in [-0.2, 0) is 19.1 Å². The predicted molar refractivity (Wildman–Crippen MR) is 210 cm³/mol. The molecule has 0 aliphatic rings. The molecule has 0 saturated carbocycles. The third-order valence-electron chi connectivity index (χ3n) is 8.84. The Kier molecular flexibility index (Phi) is 43.5. The fraction of sp³-hybridized carbons (Fsp3) is 0.952. The molecular formula is C42H84ClNO4. The molecule has 0 radical (unpaired) electrons. The van der Waals surface area contributed by atoms with Gasteiger partial charge in [-0.25, -0.2) is 0 Å². The summed E-state index contributed by atoms with van der Waals surface area (Å²) in [5, 5.41) is 0. The Morgan fingerprint density at radius 3 is 0.854 bits per heavy atom.